The molecule has 0 aromatic carbocycles. The Balaban J connectivity index is 1.56. The van der Waals surface area contributed by atoms with E-state index in [-0.39, 0.29) is 13.1 Å². The largest absolute Gasteiger partial charge is 0.390 e. The Morgan fingerprint density at radius 1 is 1.04 bits per heavy atom. The van der Waals surface area contributed by atoms with Gasteiger partial charge in [-0.15, -0.1) is 10.2 Å². The van der Waals surface area contributed by atoms with Crippen molar-refractivity contribution >= 4 is 21.7 Å². The van der Waals surface area contributed by atoms with Crippen molar-refractivity contribution in [2.24, 2.45) is 0 Å². The maximum Gasteiger partial charge on any atom is 0.390 e. The van der Waals surface area contributed by atoms with Crippen molar-refractivity contribution in [1.29, 1.82) is 0 Å². The highest BCUT2D eigenvalue weighted by atomic mass is 32.2. The average Bonchev–Trinajstić information content (AvgIpc) is 2.67. The summed E-state index contributed by atoms with van der Waals surface area (Å²) in [6.07, 6.45) is -2.30. The number of alkyl halides is 3. The number of piperidine rings is 1. The number of nitrogens with zero attached hydrogens (tertiary/aromatic N) is 5. The van der Waals surface area contributed by atoms with Crippen LogP contribution in [0.3, 0.4) is 0 Å². The third kappa shape index (κ3) is 5.25. The standard InChI is InChI=1S/C17H26F3N5O2S/c1-14-4-2-3-8-25(14)16-6-5-15(21-22-16)23-9-11-24(12-10-23)28(26,27)13-7-17(18,19)20/h5-6,14H,2-4,7-13H2,1H3. The first kappa shape index (κ1) is 21.1. The lowest BCUT2D eigenvalue weighted by molar-refractivity contribution is -0.130. The average molecular weight is 421 g/mol. The van der Waals surface area contributed by atoms with Crippen LogP contribution >= 0.6 is 0 Å². The van der Waals surface area contributed by atoms with Crippen molar-refractivity contribution in [3.05, 3.63) is 12.1 Å². The Kier molecular flexibility index (Phi) is 6.33. The molecule has 11 heteroatoms. The summed E-state index contributed by atoms with van der Waals surface area (Å²) in [5.41, 5.74) is 0. The fourth-order valence-electron chi connectivity index (χ4n) is 3.65. The van der Waals surface area contributed by atoms with Gasteiger partial charge in [0.2, 0.25) is 10.0 Å². The third-order valence-electron chi connectivity index (χ3n) is 5.33. The fraction of sp³-hybridized carbons (Fsp3) is 0.765. The fourth-order valence-corrected chi connectivity index (χ4v) is 5.11. The highest BCUT2D eigenvalue weighted by Crippen LogP contribution is 2.25. The van der Waals surface area contributed by atoms with Gasteiger partial charge in [-0.25, -0.2) is 8.42 Å². The predicted molar refractivity (Wildman–Crippen MR) is 101 cm³/mol. The van der Waals surface area contributed by atoms with E-state index < -0.39 is 28.4 Å². The van der Waals surface area contributed by atoms with Crippen LogP contribution < -0.4 is 9.80 Å². The van der Waals surface area contributed by atoms with Gasteiger partial charge in [-0.3, -0.25) is 0 Å². The van der Waals surface area contributed by atoms with Gasteiger partial charge < -0.3 is 9.80 Å². The topological polar surface area (TPSA) is 69.6 Å². The summed E-state index contributed by atoms with van der Waals surface area (Å²) in [7, 11) is -3.91. The lowest BCUT2D eigenvalue weighted by atomic mass is 10.0. The molecule has 7 nitrogen and oxygen atoms in total. The number of aromatic nitrogens is 2. The number of piperazine rings is 1. The summed E-state index contributed by atoms with van der Waals surface area (Å²) >= 11 is 0. The maximum absolute atomic E-state index is 12.3. The quantitative estimate of drug-likeness (QED) is 0.727. The molecule has 0 amide bonds. The highest BCUT2D eigenvalue weighted by Gasteiger charge is 2.34. The molecular formula is C17H26F3N5O2S. The second kappa shape index (κ2) is 8.40. The molecular weight excluding hydrogens is 395 g/mol. The zero-order valence-electron chi connectivity index (χ0n) is 15.9. The summed E-state index contributed by atoms with van der Waals surface area (Å²) in [5, 5.41) is 8.62. The molecule has 158 valence electrons. The van der Waals surface area contributed by atoms with Crippen molar-refractivity contribution in [2.75, 3.05) is 48.3 Å². The van der Waals surface area contributed by atoms with Crippen LogP contribution in [0.5, 0.6) is 0 Å². The highest BCUT2D eigenvalue weighted by molar-refractivity contribution is 7.89. The Morgan fingerprint density at radius 3 is 2.25 bits per heavy atom. The molecule has 0 radical (unpaired) electrons. The first-order valence-electron chi connectivity index (χ1n) is 9.56. The molecule has 1 aromatic rings. The van der Waals surface area contributed by atoms with E-state index in [1.54, 1.807) is 0 Å². The summed E-state index contributed by atoms with van der Waals surface area (Å²) in [5.74, 6) is 0.587. The molecule has 1 atom stereocenters. The maximum atomic E-state index is 12.3. The van der Waals surface area contributed by atoms with Crippen LogP contribution in [0.25, 0.3) is 0 Å². The van der Waals surface area contributed by atoms with Crippen LogP contribution in [0.4, 0.5) is 24.8 Å². The molecule has 28 heavy (non-hydrogen) atoms. The first-order valence-corrected chi connectivity index (χ1v) is 11.2. The van der Waals surface area contributed by atoms with Crippen LogP contribution in [0, 0.1) is 0 Å². The smallest absolute Gasteiger partial charge is 0.352 e. The molecule has 1 aromatic heterocycles. The van der Waals surface area contributed by atoms with Gasteiger partial charge >= 0.3 is 6.18 Å². The normalized spacial score (nSPS) is 22.5. The monoisotopic (exact) mass is 421 g/mol. The first-order chi connectivity index (χ1) is 13.2. The van der Waals surface area contributed by atoms with Crippen molar-refractivity contribution < 1.29 is 21.6 Å². The van der Waals surface area contributed by atoms with E-state index in [1.165, 1.54) is 6.42 Å². The van der Waals surface area contributed by atoms with Crippen LogP contribution in [0.2, 0.25) is 0 Å². The molecule has 0 spiro atoms. The SMILES string of the molecule is CC1CCCCN1c1ccc(N2CCN(S(=O)(=O)CCC(F)(F)F)CC2)nn1. The number of halogens is 3. The minimum absolute atomic E-state index is 0.146. The minimum atomic E-state index is -4.47. The molecule has 2 aliphatic heterocycles. The van der Waals surface area contributed by atoms with Gasteiger partial charge in [0.05, 0.1) is 12.2 Å². The minimum Gasteiger partial charge on any atom is -0.352 e. The van der Waals surface area contributed by atoms with Gasteiger partial charge in [0.25, 0.3) is 0 Å². The van der Waals surface area contributed by atoms with E-state index in [2.05, 4.69) is 22.0 Å². The van der Waals surface area contributed by atoms with Gasteiger partial charge in [-0.05, 0) is 38.3 Å². The molecule has 1 unspecified atom stereocenters. The molecule has 3 heterocycles. The Labute approximate surface area is 163 Å². The summed E-state index contributed by atoms with van der Waals surface area (Å²) in [6, 6.07) is 4.23. The summed E-state index contributed by atoms with van der Waals surface area (Å²) in [6.45, 7) is 4.18. The van der Waals surface area contributed by atoms with E-state index in [0.29, 0.717) is 24.9 Å². The van der Waals surface area contributed by atoms with Crippen LogP contribution in [-0.4, -0.2) is 73.6 Å². The zero-order valence-corrected chi connectivity index (χ0v) is 16.7. The summed E-state index contributed by atoms with van der Waals surface area (Å²) in [4.78, 5) is 4.15. The lowest BCUT2D eigenvalue weighted by Crippen LogP contribution is -2.49. The zero-order chi connectivity index (χ0) is 20.4. The van der Waals surface area contributed by atoms with Gasteiger partial charge in [0.1, 0.15) is 0 Å². The molecule has 0 saturated carbocycles. The molecule has 2 fully saturated rings. The Bertz CT molecular complexity index is 749. The van der Waals surface area contributed by atoms with Crippen LogP contribution in [0.1, 0.15) is 32.6 Å². The molecule has 0 N–H and O–H groups in total. The van der Waals surface area contributed by atoms with Gasteiger partial charge in [0.15, 0.2) is 11.6 Å². The van der Waals surface area contributed by atoms with Crippen molar-refractivity contribution in [2.45, 2.75) is 44.8 Å². The van der Waals surface area contributed by atoms with E-state index in [9.17, 15) is 21.6 Å². The lowest BCUT2D eigenvalue weighted by Gasteiger charge is -2.35. The van der Waals surface area contributed by atoms with E-state index in [4.69, 9.17) is 0 Å². The van der Waals surface area contributed by atoms with Gasteiger partial charge in [-0.1, -0.05) is 0 Å². The second-order valence-electron chi connectivity index (χ2n) is 7.36. The summed E-state index contributed by atoms with van der Waals surface area (Å²) < 4.78 is 62.3. The number of rotatable bonds is 5. The van der Waals surface area contributed by atoms with Crippen molar-refractivity contribution in [3.8, 4) is 0 Å². The Morgan fingerprint density at radius 2 is 1.68 bits per heavy atom. The third-order valence-corrected chi connectivity index (χ3v) is 7.21. The van der Waals surface area contributed by atoms with E-state index >= 15 is 0 Å². The van der Waals surface area contributed by atoms with Crippen LogP contribution in [0.15, 0.2) is 12.1 Å². The molecule has 3 rings (SSSR count). The van der Waals surface area contributed by atoms with E-state index in [1.807, 2.05) is 17.0 Å². The molecule has 2 saturated heterocycles. The van der Waals surface area contributed by atoms with E-state index in [0.717, 1.165) is 29.5 Å². The second-order valence-corrected chi connectivity index (χ2v) is 9.44. The van der Waals surface area contributed by atoms with Crippen molar-refractivity contribution in [3.63, 3.8) is 0 Å². The number of anilines is 2. The molecule has 0 bridgehead atoms. The predicted octanol–water partition coefficient (Wildman–Crippen LogP) is 2.26. The molecule has 2 aliphatic rings. The van der Waals surface area contributed by atoms with Gasteiger partial charge in [-0.2, -0.15) is 17.5 Å². The number of hydrogen-bond acceptors (Lipinski definition) is 6. The Hall–Kier alpha value is -1.62. The van der Waals surface area contributed by atoms with Gasteiger partial charge in [0, 0.05) is 38.8 Å². The van der Waals surface area contributed by atoms with Crippen LogP contribution in [-0.2, 0) is 10.0 Å². The number of sulfonamides is 1. The van der Waals surface area contributed by atoms with Crippen molar-refractivity contribution in [1.82, 2.24) is 14.5 Å². The number of hydrogen-bond donors (Lipinski definition) is 0. The molecule has 0 aliphatic carbocycles.